The van der Waals surface area contributed by atoms with Gasteiger partial charge in [-0.2, -0.15) is 0 Å². The predicted molar refractivity (Wildman–Crippen MR) is 93.6 cm³/mol. The third-order valence-electron chi connectivity index (χ3n) is 3.50. The molecule has 0 saturated carbocycles. The highest BCUT2D eigenvalue weighted by molar-refractivity contribution is 5.86. The summed E-state index contributed by atoms with van der Waals surface area (Å²) in [6.45, 7) is 4.72. The number of unbranched alkanes of at least 4 members (excludes halogenated alkanes) is 1. The van der Waals surface area contributed by atoms with E-state index in [0.717, 1.165) is 25.0 Å². The maximum Gasteiger partial charge on any atom is 0.243 e. The third-order valence-corrected chi connectivity index (χ3v) is 3.50. The lowest BCUT2D eigenvalue weighted by molar-refractivity contribution is -0.116. The summed E-state index contributed by atoms with van der Waals surface area (Å²) in [7, 11) is 0. The van der Waals surface area contributed by atoms with Crippen molar-refractivity contribution < 1.29 is 9.53 Å². The highest BCUT2D eigenvalue weighted by atomic mass is 16.5. The van der Waals surface area contributed by atoms with Crippen molar-refractivity contribution in [2.45, 2.75) is 19.3 Å². The molecule has 3 heteroatoms. The fraction of sp³-hybridized carbons (Fsp3) is 0.250. The van der Waals surface area contributed by atoms with Crippen molar-refractivity contribution in [2.24, 2.45) is 0 Å². The topological polar surface area (TPSA) is 38.3 Å². The summed E-state index contributed by atoms with van der Waals surface area (Å²) >= 11 is 0. The Labute approximate surface area is 138 Å². The Morgan fingerprint density at radius 2 is 1.70 bits per heavy atom. The summed E-state index contributed by atoms with van der Waals surface area (Å²) in [4.78, 5) is 11.0. The Morgan fingerprint density at radius 1 is 1.00 bits per heavy atom. The van der Waals surface area contributed by atoms with Gasteiger partial charge in [-0.3, -0.25) is 4.79 Å². The van der Waals surface area contributed by atoms with Crippen LogP contribution >= 0.6 is 0 Å². The standard InChI is InChI=1S/C20H23NO2/c1-2-20(22)21-14-6-7-15-23-19-12-10-18(11-13-19)16-17-8-4-3-5-9-17/h2-5,8-13H,1,6-7,14-16H2,(H,21,22). The molecule has 0 saturated heterocycles. The molecular weight excluding hydrogens is 286 g/mol. The normalized spacial score (nSPS) is 10.1. The molecule has 0 spiro atoms. The van der Waals surface area contributed by atoms with Crippen LogP contribution in [0.4, 0.5) is 0 Å². The Bertz CT molecular complexity index is 605. The Morgan fingerprint density at radius 3 is 2.39 bits per heavy atom. The van der Waals surface area contributed by atoms with Gasteiger partial charge in [0.2, 0.25) is 5.91 Å². The van der Waals surface area contributed by atoms with Gasteiger partial charge in [0.25, 0.3) is 0 Å². The van der Waals surface area contributed by atoms with E-state index in [0.29, 0.717) is 13.2 Å². The van der Waals surface area contributed by atoms with Crippen LogP contribution in [0.25, 0.3) is 0 Å². The number of hydrogen-bond donors (Lipinski definition) is 1. The first-order chi connectivity index (χ1) is 11.3. The molecule has 0 bridgehead atoms. The first-order valence-electron chi connectivity index (χ1n) is 7.94. The number of amides is 1. The van der Waals surface area contributed by atoms with Crippen LogP contribution in [-0.4, -0.2) is 19.1 Å². The summed E-state index contributed by atoms with van der Waals surface area (Å²) in [6, 6.07) is 18.7. The Kier molecular flexibility index (Phi) is 6.92. The molecule has 0 atom stereocenters. The van der Waals surface area contributed by atoms with Gasteiger partial charge in [0.15, 0.2) is 0 Å². The molecule has 0 aliphatic heterocycles. The molecule has 120 valence electrons. The fourth-order valence-corrected chi connectivity index (χ4v) is 2.24. The monoisotopic (exact) mass is 309 g/mol. The number of rotatable bonds is 9. The van der Waals surface area contributed by atoms with Gasteiger partial charge in [-0.1, -0.05) is 49.0 Å². The van der Waals surface area contributed by atoms with E-state index >= 15 is 0 Å². The Hall–Kier alpha value is -2.55. The second-order valence-corrected chi connectivity index (χ2v) is 5.36. The van der Waals surface area contributed by atoms with Gasteiger partial charge in [-0.05, 0) is 48.6 Å². The zero-order valence-electron chi connectivity index (χ0n) is 13.3. The number of carbonyl (C=O) groups is 1. The van der Waals surface area contributed by atoms with E-state index in [1.165, 1.54) is 17.2 Å². The van der Waals surface area contributed by atoms with E-state index in [1.54, 1.807) is 0 Å². The van der Waals surface area contributed by atoms with E-state index in [9.17, 15) is 4.79 Å². The molecule has 0 aliphatic rings. The van der Waals surface area contributed by atoms with Crippen LogP contribution in [0, 0.1) is 0 Å². The van der Waals surface area contributed by atoms with Gasteiger partial charge in [0.1, 0.15) is 5.75 Å². The number of benzene rings is 2. The maximum absolute atomic E-state index is 11.0. The lowest BCUT2D eigenvalue weighted by Crippen LogP contribution is -2.22. The number of carbonyl (C=O) groups excluding carboxylic acids is 1. The SMILES string of the molecule is C=CC(=O)NCCCCOc1ccc(Cc2ccccc2)cc1. The maximum atomic E-state index is 11.0. The predicted octanol–water partition coefficient (Wildman–Crippen LogP) is 3.74. The summed E-state index contributed by atoms with van der Waals surface area (Å²) < 4.78 is 5.71. The minimum atomic E-state index is -0.125. The molecule has 3 nitrogen and oxygen atoms in total. The van der Waals surface area contributed by atoms with Gasteiger partial charge >= 0.3 is 0 Å². The number of nitrogens with one attached hydrogen (secondary N) is 1. The van der Waals surface area contributed by atoms with E-state index in [4.69, 9.17) is 4.74 Å². The fourth-order valence-electron chi connectivity index (χ4n) is 2.24. The number of hydrogen-bond acceptors (Lipinski definition) is 2. The van der Waals surface area contributed by atoms with Crippen LogP contribution in [0.15, 0.2) is 67.3 Å². The first kappa shape index (κ1) is 16.8. The van der Waals surface area contributed by atoms with Crippen molar-refractivity contribution in [3.63, 3.8) is 0 Å². The van der Waals surface area contributed by atoms with Crippen molar-refractivity contribution in [1.82, 2.24) is 5.32 Å². The summed E-state index contributed by atoms with van der Waals surface area (Å²) in [5.41, 5.74) is 2.58. The van der Waals surface area contributed by atoms with Gasteiger partial charge in [0.05, 0.1) is 6.61 Å². The summed E-state index contributed by atoms with van der Waals surface area (Å²) in [5, 5.41) is 2.75. The molecule has 2 rings (SSSR count). The molecule has 0 aliphatic carbocycles. The molecule has 1 N–H and O–H groups in total. The molecule has 2 aromatic rings. The lowest BCUT2D eigenvalue weighted by atomic mass is 10.1. The molecule has 0 unspecified atom stereocenters. The van der Waals surface area contributed by atoms with Crippen molar-refractivity contribution in [1.29, 1.82) is 0 Å². The second kappa shape index (κ2) is 9.46. The highest BCUT2D eigenvalue weighted by Gasteiger charge is 1.98. The van der Waals surface area contributed by atoms with Crippen LogP contribution in [0.5, 0.6) is 5.75 Å². The largest absolute Gasteiger partial charge is 0.494 e. The molecule has 0 heterocycles. The lowest BCUT2D eigenvalue weighted by Gasteiger charge is -2.08. The van der Waals surface area contributed by atoms with Crippen LogP contribution in [0.3, 0.4) is 0 Å². The molecule has 23 heavy (non-hydrogen) atoms. The second-order valence-electron chi connectivity index (χ2n) is 5.36. The molecule has 0 aromatic heterocycles. The minimum absolute atomic E-state index is 0.125. The van der Waals surface area contributed by atoms with Gasteiger partial charge in [-0.25, -0.2) is 0 Å². The van der Waals surface area contributed by atoms with Crippen LogP contribution in [0.1, 0.15) is 24.0 Å². The van der Waals surface area contributed by atoms with E-state index in [-0.39, 0.29) is 5.91 Å². The molecule has 0 radical (unpaired) electrons. The summed E-state index contributed by atoms with van der Waals surface area (Å²) in [6.07, 6.45) is 4.02. The van der Waals surface area contributed by atoms with Crippen LogP contribution < -0.4 is 10.1 Å². The van der Waals surface area contributed by atoms with Gasteiger partial charge in [-0.15, -0.1) is 0 Å². The first-order valence-corrected chi connectivity index (χ1v) is 7.94. The minimum Gasteiger partial charge on any atom is -0.494 e. The van der Waals surface area contributed by atoms with Crippen molar-refractivity contribution in [2.75, 3.05) is 13.2 Å². The zero-order chi connectivity index (χ0) is 16.3. The van der Waals surface area contributed by atoms with E-state index in [2.05, 4.69) is 48.3 Å². The summed E-state index contributed by atoms with van der Waals surface area (Å²) in [5.74, 6) is 0.761. The quantitative estimate of drug-likeness (QED) is 0.566. The van der Waals surface area contributed by atoms with Crippen LogP contribution in [0.2, 0.25) is 0 Å². The van der Waals surface area contributed by atoms with E-state index < -0.39 is 0 Å². The highest BCUT2D eigenvalue weighted by Crippen LogP contribution is 2.15. The average molecular weight is 309 g/mol. The van der Waals surface area contributed by atoms with Crippen molar-refractivity contribution in [3.8, 4) is 5.75 Å². The van der Waals surface area contributed by atoms with Gasteiger partial charge < -0.3 is 10.1 Å². The van der Waals surface area contributed by atoms with E-state index in [1.807, 2.05) is 18.2 Å². The molecule has 1 amide bonds. The van der Waals surface area contributed by atoms with Crippen molar-refractivity contribution in [3.05, 3.63) is 78.4 Å². The smallest absolute Gasteiger partial charge is 0.243 e. The molecule has 0 fully saturated rings. The third kappa shape index (κ3) is 6.39. The Balaban J connectivity index is 1.67. The van der Waals surface area contributed by atoms with Gasteiger partial charge in [0, 0.05) is 6.54 Å². The molecular formula is C20H23NO2. The number of ether oxygens (including phenoxy) is 1. The zero-order valence-corrected chi connectivity index (χ0v) is 13.3. The average Bonchev–Trinajstić information content (AvgIpc) is 2.60. The van der Waals surface area contributed by atoms with Crippen LogP contribution in [-0.2, 0) is 11.2 Å². The van der Waals surface area contributed by atoms with Crippen molar-refractivity contribution >= 4 is 5.91 Å². The molecule has 2 aromatic carbocycles.